The van der Waals surface area contributed by atoms with Gasteiger partial charge >= 0.3 is 0 Å². The van der Waals surface area contributed by atoms with Gasteiger partial charge in [-0.3, -0.25) is 0 Å². The van der Waals surface area contributed by atoms with Gasteiger partial charge in [-0.25, -0.2) is 0 Å². The van der Waals surface area contributed by atoms with Crippen molar-refractivity contribution in [3.8, 4) is 0 Å². The quantitative estimate of drug-likeness (QED) is 0.729. The van der Waals surface area contributed by atoms with Gasteiger partial charge in [0.15, 0.2) is 0 Å². The molecule has 2 unspecified atom stereocenters. The molecule has 0 radical (unpaired) electrons. The van der Waals surface area contributed by atoms with Gasteiger partial charge in [-0.2, -0.15) is 0 Å². The number of thiophene rings is 1. The second kappa shape index (κ2) is 7.88. The van der Waals surface area contributed by atoms with Gasteiger partial charge in [0.2, 0.25) is 0 Å². The minimum atomic E-state index is 0.649. The average Bonchev–Trinajstić information content (AvgIpc) is 2.73. The molecule has 0 fully saturated rings. The summed E-state index contributed by atoms with van der Waals surface area (Å²) >= 11 is 1.99. The van der Waals surface area contributed by atoms with Crippen LogP contribution in [-0.2, 0) is 12.8 Å². The van der Waals surface area contributed by atoms with Crippen molar-refractivity contribution in [2.45, 2.75) is 59.4 Å². The van der Waals surface area contributed by atoms with Gasteiger partial charge < -0.3 is 5.32 Å². The van der Waals surface area contributed by atoms with E-state index in [9.17, 15) is 0 Å². The molecule has 2 atom stereocenters. The molecular formula is C15H27NS. The van der Waals surface area contributed by atoms with E-state index in [-0.39, 0.29) is 0 Å². The second-order valence-corrected chi connectivity index (χ2v) is 6.37. The van der Waals surface area contributed by atoms with Crippen molar-refractivity contribution in [3.05, 3.63) is 21.9 Å². The summed E-state index contributed by atoms with van der Waals surface area (Å²) in [7, 11) is 0. The van der Waals surface area contributed by atoms with Crippen LogP contribution in [0.2, 0.25) is 0 Å². The lowest BCUT2D eigenvalue weighted by Gasteiger charge is -2.17. The molecule has 0 aliphatic heterocycles. The molecule has 2 heteroatoms. The molecule has 0 bridgehead atoms. The molecule has 1 nitrogen and oxygen atoms in total. The molecule has 17 heavy (non-hydrogen) atoms. The molecule has 0 aromatic carbocycles. The van der Waals surface area contributed by atoms with E-state index < -0.39 is 0 Å². The molecule has 0 amide bonds. The van der Waals surface area contributed by atoms with Crippen LogP contribution >= 0.6 is 11.3 Å². The summed E-state index contributed by atoms with van der Waals surface area (Å²) in [6, 6.07) is 5.24. The van der Waals surface area contributed by atoms with Crippen LogP contribution in [-0.4, -0.2) is 12.6 Å². The van der Waals surface area contributed by atoms with Crippen LogP contribution in [0.3, 0.4) is 0 Å². The molecule has 0 spiro atoms. The Morgan fingerprint density at radius 1 is 1.18 bits per heavy atom. The number of nitrogens with one attached hydrogen (secondary N) is 1. The summed E-state index contributed by atoms with van der Waals surface area (Å²) in [5, 5.41) is 3.57. The van der Waals surface area contributed by atoms with Crippen molar-refractivity contribution in [3.63, 3.8) is 0 Å². The first-order valence-electron chi connectivity index (χ1n) is 6.96. The predicted octanol–water partition coefficient (Wildman–Crippen LogP) is 4.27. The van der Waals surface area contributed by atoms with Gasteiger partial charge in [0.05, 0.1) is 0 Å². The number of rotatable bonds is 8. The van der Waals surface area contributed by atoms with E-state index in [1.54, 1.807) is 4.88 Å². The van der Waals surface area contributed by atoms with Crippen molar-refractivity contribution in [1.82, 2.24) is 5.32 Å². The van der Waals surface area contributed by atoms with E-state index in [1.165, 1.54) is 30.6 Å². The highest BCUT2D eigenvalue weighted by Gasteiger charge is 2.10. The molecule has 1 heterocycles. The minimum Gasteiger partial charge on any atom is -0.314 e. The monoisotopic (exact) mass is 253 g/mol. The zero-order chi connectivity index (χ0) is 12.7. The Morgan fingerprint density at radius 2 is 1.88 bits per heavy atom. The zero-order valence-corrected chi connectivity index (χ0v) is 12.6. The Labute approximate surface area is 111 Å². The lowest BCUT2D eigenvalue weighted by molar-refractivity contribution is 0.421. The molecule has 0 saturated heterocycles. The molecule has 98 valence electrons. The summed E-state index contributed by atoms with van der Waals surface area (Å²) < 4.78 is 0. The normalized spacial score (nSPS) is 14.8. The van der Waals surface area contributed by atoms with Crippen molar-refractivity contribution < 1.29 is 0 Å². The Morgan fingerprint density at radius 3 is 2.47 bits per heavy atom. The molecule has 1 N–H and O–H groups in total. The average molecular weight is 253 g/mol. The first kappa shape index (κ1) is 14.7. The van der Waals surface area contributed by atoms with Crippen LogP contribution in [0.4, 0.5) is 0 Å². The summed E-state index contributed by atoms with van der Waals surface area (Å²) in [5.41, 5.74) is 0. The van der Waals surface area contributed by atoms with Crippen LogP contribution in [0.25, 0.3) is 0 Å². The van der Waals surface area contributed by atoms with E-state index in [0.717, 1.165) is 12.5 Å². The number of hydrogen-bond acceptors (Lipinski definition) is 2. The summed E-state index contributed by atoms with van der Waals surface area (Å²) in [6.07, 6.45) is 4.92. The Balaban J connectivity index is 2.30. The minimum absolute atomic E-state index is 0.649. The van der Waals surface area contributed by atoms with Gasteiger partial charge in [0, 0.05) is 15.8 Å². The standard InChI is InChI=1S/C15H27NS/c1-5-9-16-13(4)10-12(3)11-15-8-7-14(6-2)17-15/h7-8,12-13,16H,5-6,9-11H2,1-4H3. The largest absolute Gasteiger partial charge is 0.314 e. The fraction of sp³-hybridized carbons (Fsp3) is 0.733. The van der Waals surface area contributed by atoms with Crippen molar-refractivity contribution in [2.24, 2.45) is 5.92 Å². The van der Waals surface area contributed by atoms with E-state index in [1.807, 2.05) is 11.3 Å². The maximum Gasteiger partial charge on any atom is 0.00508 e. The highest BCUT2D eigenvalue weighted by molar-refractivity contribution is 7.11. The Kier molecular flexibility index (Phi) is 6.83. The summed E-state index contributed by atoms with van der Waals surface area (Å²) in [6.45, 7) is 10.3. The first-order chi connectivity index (χ1) is 8.15. The van der Waals surface area contributed by atoms with Crippen LogP contribution in [0.5, 0.6) is 0 Å². The molecule has 1 aromatic rings. The molecule has 1 aromatic heterocycles. The van der Waals surface area contributed by atoms with Crippen LogP contribution in [0.15, 0.2) is 12.1 Å². The molecular weight excluding hydrogens is 226 g/mol. The molecule has 1 rings (SSSR count). The van der Waals surface area contributed by atoms with E-state index >= 15 is 0 Å². The molecule has 0 saturated carbocycles. The maximum atomic E-state index is 3.57. The van der Waals surface area contributed by atoms with Crippen molar-refractivity contribution in [1.29, 1.82) is 0 Å². The SMILES string of the molecule is CCCNC(C)CC(C)Cc1ccc(CC)s1. The Hall–Kier alpha value is -0.340. The van der Waals surface area contributed by atoms with Gasteiger partial charge in [0.1, 0.15) is 0 Å². The number of aryl methyl sites for hydroxylation is 1. The van der Waals surface area contributed by atoms with E-state index in [2.05, 4.69) is 45.1 Å². The third kappa shape index (κ3) is 5.69. The van der Waals surface area contributed by atoms with E-state index in [4.69, 9.17) is 0 Å². The highest BCUT2D eigenvalue weighted by Crippen LogP contribution is 2.22. The first-order valence-corrected chi connectivity index (χ1v) is 7.78. The second-order valence-electron chi connectivity index (χ2n) is 5.12. The van der Waals surface area contributed by atoms with Gasteiger partial charge in [-0.1, -0.05) is 20.8 Å². The van der Waals surface area contributed by atoms with Crippen molar-refractivity contribution in [2.75, 3.05) is 6.54 Å². The van der Waals surface area contributed by atoms with Gasteiger partial charge in [0.25, 0.3) is 0 Å². The lowest BCUT2D eigenvalue weighted by Crippen LogP contribution is -2.28. The fourth-order valence-electron chi connectivity index (χ4n) is 2.23. The van der Waals surface area contributed by atoms with Gasteiger partial charge in [-0.15, -0.1) is 11.3 Å². The smallest absolute Gasteiger partial charge is 0.00508 e. The summed E-state index contributed by atoms with van der Waals surface area (Å²) in [5.74, 6) is 0.776. The van der Waals surface area contributed by atoms with Gasteiger partial charge in [-0.05, 0) is 57.2 Å². The number of hydrogen-bond donors (Lipinski definition) is 1. The predicted molar refractivity (Wildman–Crippen MR) is 78.9 cm³/mol. The fourth-order valence-corrected chi connectivity index (χ4v) is 3.35. The van der Waals surface area contributed by atoms with Crippen LogP contribution in [0, 0.1) is 5.92 Å². The van der Waals surface area contributed by atoms with Crippen molar-refractivity contribution >= 4 is 11.3 Å². The molecule has 0 aliphatic carbocycles. The van der Waals surface area contributed by atoms with E-state index in [0.29, 0.717) is 6.04 Å². The zero-order valence-electron chi connectivity index (χ0n) is 11.8. The van der Waals surface area contributed by atoms with Crippen LogP contribution in [0.1, 0.15) is 50.3 Å². The molecule has 0 aliphatic rings. The highest BCUT2D eigenvalue weighted by atomic mass is 32.1. The lowest BCUT2D eigenvalue weighted by atomic mass is 9.98. The summed E-state index contributed by atoms with van der Waals surface area (Å²) in [4.78, 5) is 3.07. The third-order valence-corrected chi connectivity index (χ3v) is 4.37. The van der Waals surface area contributed by atoms with Crippen LogP contribution < -0.4 is 5.32 Å². The topological polar surface area (TPSA) is 12.0 Å². The Bertz CT molecular complexity index is 306. The third-order valence-electron chi connectivity index (χ3n) is 3.11. The maximum absolute atomic E-state index is 3.57.